The quantitative estimate of drug-likeness (QED) is 0.289. The molecule has 1 aliphatic heterocycles. The molecule has 4 rings (SSSR count). The number of nitrogens with zero attached hydrogens (tertiary/aromatic N) is 4. The van der Waals surface area contributed by atoms with Crippen molar-refractivity contribution in [1.29, 1.82) is 5.26 Å². The van der Waals surface area contributed by atoms with Crippen LogP contribution in [-0.4, -0.2) is 74.8 Å². The molecule has 220 valence electrons. The van der Waals surface area contributed by atoms with Crippen LogP contribution in [0.5, 0.6) is 0 Å². The molecular weight excluding hydrogens is 550 g/mol. The van der Waals surface area contributed by atoms with Gasteiger partial charge >= 0.3 is 0 Å². The summed E-state index contributed by atoms with van der Waals surface area (Å²) in [6.07, 6.45) is 1.20. The molecule has 10 heteroatoms. The second-order valence-electron chi connectivity index (χ2n) is 10.7. The highest BCUT2D eigenvalue weighted by atomic mass is 32.2. The van der Waals surface area contributed by atoms with E-state index in [9.17, 15) is 23.6 Å². The fourth-order valence-corrected chi connectivity index (χ4v) is 6.23. The first-order valence-electron chi connectivity index (χ1n) is 13.7. The molecule has 0 aromatic heterocycles. The standard InChI is InChI=1S/C32H37N5O4S/c1-35(2)31(38)29(23-33)30(34-27-15-17-28(18-16-27)42(40,41)36(3)4)37-21-19-26(20-22-37)32(39,24-11-7-5-8-12-24)25-13-9-6-10-14-25/h5-18,26,34,39H,19-22H2,1-4H3/b30-29-. The number of likely N-dealkylation sites (tertiary alicyclic amines) is 1. The summed E-state index contributed by atoms with van der Waals surface area (Å²) >= 11 is 0. The summed E-state index contributed by atoms with van der Waals surface area (Å²) in [4.78, 5) is 16.5. The van der Waals surface area contributed by atoms with Gasteiger partial charge < -0.3 is 20.2 Å². The van der Waals surface area contributed by atoms with E-state index in [4.69, 9.17) is 0 Å². The Kier molecular flexibility index (Phi) is 9.36. The van der Waals surface area contributed by atoms with Gasteiger partial charge in [0.1, 0.15) is 17.5 Å². The maximum atomic E-state index is 13.1. The van der Waals surface area contributed by atoms with E-state index in [-0.39, 0.29) is 16.4 Å². The first kappa shape index (κ1) is 30.8. The highest BCUT2D eigenvalue weighted by Crippen LogP contribution is 2.42. The predicted molar refractivity (Wildman–Crippen MR) is 162 cm³/mol. The number of sulfonamides is 1. The van der Waals surface area contributed by atoms with E-state index in [1.165, 1.54) is 31.1 Å². The highest BCUT2D eigenvalue weighted by Gasteiger charge is 2.42. The Balaban J connectivity index is 1.66. The van der Waals surface area contributed by atoms with Crippen LogP contribution in [0.1, 0.15) is 24.0 Å². The molecule has 42 heavy (non-hydrogen) atoms. The summed E-state index contributed by atoms with van der Waals surface area (Å²) in [6.45, 7) is 0.960. The van der Waals surface area contributed by atoms with Crippen molar-refractivity contribution in [1.82, 2.24) is 14.1 Å². The van der Waals surface area contributed by atoms with Crippen molar-refractivity contribution in [2.75, 3.05) is 46.6 Å². The Bertz CT molecular complexity index is 1520. The number of amides is 1. The maximum Gasteiger partial charge on any atom is 0.267 e. The third kappa shape index (κ3) is 6.19. The van der Waals surface area contributed by atoms with Gasteiger partial charge in [0.15, 0.2) is 5.57 Å². The van der Waals surface area contributed by atoms with Crippen LogP contribution in [0.25, 0.3) is 0 Å². The van der Waals surface area contributed by atoms with Crippen molar-refractivity contribution in [2.45, 2.75) is 23.3 Å². The molecule has 1 fully saturated rings. The van der Waals surface area contributed by atoms with E-state index in [0.717, 1.165) is 15.4 Å². The molecule has 0 aliphatic carbocycles. The first-order valence-corrected chi connectivity index (χ1v) is 15.2. The fraction of sp³-hybridized carbons (Fsp3) is 0.312. The lowest BCUT2D eigenvalue weighted by molar-refractivity contribution is -0.124. The lowest BCUT2D eigenvalue weighted by atomic mass is 9.72. The lowest BCUT2D eigenvalue weighted by Crippen LogP contribution is -2.45. The fourth-order valence-electron chi connectivity index (χ4n) is 5.33. The van der Waals surface area contributed by atoms with Gasteiger partial charge in [0.2, 0.25) is 10.0 Å². The molecular formula is C32H37N5O4S. The predicted octanol–water partition coefficient (Wildman–Crippen LogP) is 3.82. The van der Waals surface area contributed by atoms with Crippen molar-refractivity contribution >= 4 is 21.6 Å². The van der Waals surface area contributed by atoms with Gasteiger partial charge in [-0.05, 0) is 54.2 Å². The van der Waals surface area contributed by atoms with Crippen LogP contribution in [0.2, 0.25) is 0 Å². The van der Waals surface area contributed by atoms with E-state index in [1.54, 1.807) is 26.2 Å². The Labute approximate surface area is 248 Å². The van der Waals surface area contributed by atoms with Crippen LogP contribution < -0.4 is 5.32 Å². The van der Waals surface area contributed by atoms with Crippen molar-refractivity contribution in [3.8, 4) is 6.07 Å². The molecule has 0 unspecified atom stereocenters. The molecule has 1 heterocycles. The lowest BCUT2D eigenvalue weighted by Gasteiger charge is -2.43. The Hall–Kier alpha value is -4.17. The van der Waals surface area contributed by atoms with Gasteiger partial charge in [-0.25, -0.2) is 12.7 Å². The number of carbonyl (C=O) groups excluding carboxylic acids is 1. The molecule has 3 aromatic carbocycles. The monoisotopic (exact) mass is 587 g/mol. The van der Waals surface area contributed by atoms with Crippen LogP contribution in [0.3, 0.4) is 0 Å². The van der Waals surface area contributed by atoms with E-state index in [0.29, 0.717) is 37.4 Å². The zero-order valence-corrected chi connectivity index (χ0v) is 25.2. The number of nitrogens with one attached hydrogen (secondary N) is 1. The highest BCUT2D eigenvalue weighted by molar-refractivity contribution is 7.89. The minimum atomic E-state index is -3.61. The number of piperidine rings is 1. The van der Waals surface area contributed by atoms with Gasteiger partial charge in [-0.1, -0.05) is 60.7 Å². The zero-order chi connectivity index (χ0) is 30.5. The molecule has 9 nitrogen and oxygen atoms in total. The minimum absolute atomic E-state index is 0.0511. The van der Waals surface area contributed by atoms with Gasteiger partial charge in [-0.15, -0.1) is 0 Å². The molecule has 1 amide bonds. The van der Waals surface area contributed by atoms with Gasteiger partial charge in [-0.2, -0.15) is 5.26 Å². The average molecular weight is 588 g/mol. The number of hydrogen-bond acceptors (Lipinski definition) is 7. The normalized spacial score (nSPS) is 15.1. The third-order valence-corrected chi connectivity index (χ3v) is 9.52. The molecule has 1 aliphatic rings. The van der Waals surface area contributed by atoms with Crippen LogP contribution in [0.15, 0.2) is 101 Å². The van der Waals surface area contributed by atoms with E-state index < -0.39 is 21.5 Å². The van der Waals surface area contributed by atoms with Crippen molar-refractivity contribution in [3.63, 3.8) is 0 Å². The summed E-state index contributed by atoms with van der Waals surface area (Å²) in [5.41, 5.74) is 0.907. The van der Waals surface area contributed by atoms with Crippen LogP contribution >= 0.6 is 0 Å². The zero-order valence-electron chi connectivity index (χ0n) is 24.4. The number of nitriles is 1. The molecule has 3 aromatic rings. The Morgan fingerprint density at radius 3 is 1.83 bits per heavy atom. The molecule has 1 saturated heterocycles. The Morgan fingerprint density at radius 1 is 0.905 bits per heavy atom. The average Bonchev–Trinajstić information content (AvgIpc) is 3.01. The minimum Gasteiger partial charge on any atom is -0.380 e. The molecule has 0 bridgehead atoms. The van der Waals surface area contributed by atoms with Gasteiger partial charge in [-0.3, -0.25) is 4.79 Å². The summed E-state index contributed by atoms with van der Waals surface area (Å²) in [6, 6.07) is 27.6. The molecule has 0 saturated carbocycles. The van der Waals surface area contributed by atoms with Gasteiger partial charge in [0.05, 0.1) is 4.90 Å². The number of anilines is 1. The molecule has 0 spiro atoms. The van der Waals surface area contributed by atoms with Crippen molar-refractivity contribution in [3.05, 3.63) is 107 Å². The van der Waals surface area contributed by atoms with Crippen LogP contribution in [0, 0.1) is 17.2 Å². The second kappa shape index (κ2) is 12.8. The topological polar surface area (TPSA) is 117 Å². The second-order valence-corrected chi connectivity index (χ2v) is 12.9. The summed E-state index contributed by atoms with van der Waals surface area (Å²) < 4.78 is 26.2. The smallest absolute Gasteiger partial charge is 0.267 e. The molecule has 2 N–H and O–H groups in total. The van der Waals surface area contributed by atoms with Crippen molar-refractivity contribution < 1.29 is 18.3 Å². The molecule has 0 atom stereocenters. The third-order valence-electron chi connectivity index (χ3n) is 7.69. The number of aliphatic hydroxyl groups is 1. The number of benzene rings is 3. The number of likely N-dealkylation sites (N-methyl/N-ethyl adjacent to an activating group) is 1. The Morgan fingerprint density at radius 2 is 1.40 bits per heavy atom. The van der Waals surface area contributed by atoms with E-state index >= 15 is 0 Å². The summed E-state index contributed by atoms with van der Waals surface area (Å²) in [5, 5.41) is 25.6. The maximum absolute atomic E-state index is 13.1. The number of carbonyl (C=O) groups is 1. The van der Waals surface area contributed by atoms with E-state index in [2.05, 4.69) is 11.4 Å². The summed E-state index contributed by atoms with van der Waals surface area (Å²) in [5.74, 6) is -0.217. The SMILES string of the molecule is CN(C)C(=O)/C(C#N)=C(/Nc1ccc(S(=O)(=O)N(C)C)cc1)N1CCC(C(O)(c2ccccc2)c2ccccc2)CC1. The number of rotatable bonds is 9. The van der Waals surface area contributed by atoms with Crippen LogP contribution in [-0.2, 0) is 20.4 Å². The van der Waals surface area contributed by atoms with Crippen molar-refractivity contribution in [2.24, 2.45) is 5.92 Å². The number of hydrogen-bond donors (Lipinski definition) is 2. The molecule has 0 radical (unpaired) electrons. The first-order chi connectivity index (χ1) is 20.0. The summed E-state index contributed by atoms with van der Waals surface area (Å²) in [7, 11) is 2.50. The van der Waals surface area contributed by atoms with E-state index in [1.807, 2.05) is 65.6 Å². The van der Waals surface area contributed by atoms with Crippen LogP contribution in [0.4, 0.5) is 5.69 Å². The van der Waals surface area contributed by atoms with Gasteiger partial charge in [0, 0.05) is 47.0 Å². The van der Waals surface area contributed by atoms with Gasteiger partial charge in [0.25, 0.3) is 5.91 Å². The largest absolute Gasteiger partial charge is 0.380 e.